The number of methoxy groups -OCH3 is 2. The largest absolute Gasteiger partial charge is 0.495 e. The number of anilines is 2. The lowest BCUT2D eigenvalue weighted by atomic mass is 10.2. The molecule has 3 rings (SSSR count). The van der Waals surface area contributed by atoms with Gasteiger partial charge in [0.2, 0.25) is 0 Å². The zero-order valence-corrected chi connectivity index (χ0v) is 19.6. The molecule has 0 bridgehead atoms. The summed E-state index contributed by atoms with van der Waals surface area (Å²) in [5.41, 5.74) is 1.69. The highest BCUT2D eigenvalue weighted by Crippen LogP contribution is 2.28. The van der Waals surface area contributed by atoms with E-state index in [1.54, 1.807) is 48.5 Å². The Morgan fingerprint density at radius 1 is 0.882 bits per heavy atom. The molecule has 34 heavy (non-hydrogen) atoms. The standard InChI is InChI=1S/C24H24N2O7S/c1-16-8-11-18(12-9-16)26-34(29,30)22-14-17(10-13-21(22)32-3)24(28)33-15-23(27)25-19-6-4-5-7-20(19)31-2/h4-14,26H,15H2,1-3H3,(H,25,27). The molecule has 3 aromatic rings. The third-order valence-electron chi connectivity index (χ3n) is 4.71. The van der Waals surface area contributed by atoms with Crippen molar-refractivity contribution in [2.45, 2.75) is 11.8 Å². The highest BCUT2D eigenvalue weighted by molar-refractivity contribution is 7.92. The molecule has 9 nitrogen and oxygen atoms in total. The fourth-order valence-corrected chi connectivity index (χ4v) is 4.25. The summed E-state index contributed by atoms with van der Waals surface area (Å²) >= 11 is 0. The van der Waals surface area contributed by atoms with E-state index in [4.69, 9.17) is 14.2 Å². The van der Waals surface area contributed by atoms with Crippen LogP contribution in [0, 0.1) is 6.92 Å². The van der Waals surface area contributed by atoms with Gasteiger partial charge >= 0.3 is 5.97 Å². The minimum Gasteiger partial charge on any atom is -0.495 e. The molecule has 0 radical (unpaired) electrons. The number of esters is 1. The van der Waals surface area contributed by atoms with Gasteiger partial charge in [-0.1, -0.05) is 29.8 Å². The van der Waals surface area contributed by atoms with Crippen LogP contribution < -0.4 is 19.5 Å². The Kier molecular flexibility index (Phi) is 7.75. The molecule has 0 aliphatic rings. The van der Waals surface area contributed by atoms with Crippen LogP contribution in [-0.2, 0) is 19.6 Å². The van der Waals surface area contributed by atoms with Gasteiger partial charge in [-0.2, -0.15) is 0 Å². The van der Waals surface area contributed by atoms with Crippen molar-refractivity contribution in [1.29, 1.82) is 0 Å². The summed E-state index contributed by atoms with van der Waals surface area (Å²) in [6.45, 7) is 1.31. The Balaban J connectivity index is 1.73. The molecule has 0 saturated carbocycles. The third kappa shape index (κ3) is 6.04. The van der Waals surface area contributed by atoms with Crippen molar-refractivity contribution >= 4 is 33.3 Å². The molecule has 178 valence electrons. The maximum absolute atomic E-state index is 13.0. The Bertz CT molecular complexity index is 1290. The van der Waals surface area contributed by atoms with Crippen LogP contribution >= 0.6 is 0 Å². The van der Waals surface area contributed by atoms with Gasteiger partial charge in [-0.15, -0.1) is 0 Å². The van der Waals surface area contributed by atoms with Crippen LogP contribution in [0.2, 0.25) is 0 Å². The first-order valence-electron chi connectivity index (χ1n) is 10.1. The van der Waals surface area contributed by atoms with Gasteiger partial charge in [0.1, 0.15) is 16.4 Å². The van der Waals surface area contributed by atoms with Crippen molar-refractivity contribution in [2.75, 3.05) is 30.9 Å². The Hall–Kier alpha value is -4.05. The Morgan fingerprint density at radius 3 is 2.24 bits per heavy atom. The first-order valence-corrected chi connectivity index (χ1v) is 11.6. The molecule has 3 aromatic carbocycles. The van der Waals surface area contributed by atoms with Crippen LogP contribution in [0.15, 0.2) is 71.6 Å². The average molecular weight is 485 g/mol. The molecular weight excluding hydrogens is 460 g/mol. The number of sulfonamides is 1. The van der Waals surface area contributed by atoms with Gasteiger partial charge in [-0.3, -0.25) is 9.52 Å². The van der Waals surface area contributed by atoms with Crippen LogP contribution in [0.4, 0.5) is 11.4 Å². The quantitative estimate of drug-likeness (QED) is 0.445. The normalized spacial score (nSPS) is 10.8. The molecule has 0 unspecified atom stereocenters. The Morgan fingerprint density at radius 2 is 1.56 bits per heavy atom. The molecule has 0 heterocycles. The van der Waals surface area contributed by atoms with E-state index in [0.29, 0.717) is 17.1 Å². The third-order valence-corrected chi connectivity index (χ3v) is 6.11. The van der Waals surface area contributed by atoms with E-state index >= 15 is 0 Å². The van der Waals surface area contributed by atoms with Crippen molar-refractivity contribution in [3.05, 3.63) is 77.9 Å². The first-order chi connectivity index (χ1) is 16.2. The number of hydrogen-bond donors (Lipinski definition) is 2. The summed E-state index contributed by atoms with van der Waals surface area (Å²) in [6, 6.07) is 17.4. The topological polar surface area (TPSA) is 120 Å². The number of carbonyl (C=O) groups is 2. The number of para-hydroxylation sites is 2. The van der Waals surface area contributed by atoms with Crippen molar-refractivity contribution in [3.8, 4) is 11.5 Å². The summed E-state index contributed by atoms with van der Waals surface area (Å²) in [5, 5.41) is 2.59. The highest BCUT2D eigenvalue weighted by Gasteiger charge is 2.23. The second-order valence-electron chi connectivity index (χ2n) is 7.16. The van der Waals surface area contributed by atoms with Gasteiger partial charge in [0.15, 0.2) is 6.61 Å². The van der Waals surface area contributed by atoms with Gasteiger partial charge < -0.3 is 19.5 Å². The predicted molar refractivity (Wildman–Crippen MR) is 127 cm³/mol. The zero-order chi connectivity index (χ0) is 24.7. The number of hydrogen-bond acceptors (Lipinski definition) is 7. The van der Waals surface area contributed by atoms with Gasteiger partial charge in [-0.05, 0) is 49.4 Å². The first kappa shape index (κ1) is 24.6. The second kappa shape index (κ2) is 10.7. The molecule has 10 heteroatoms. The van der Waals surface area contributed by atoms with Gasteiger partial charge in [0, 0.05) is 5.69 Å². The number of nitrogens with one attached hydrogen (secondary N) is 2. The number of rotatable bonds is 9. The summed E-state index contributed by atoms with van der Waals surface area (Å²) < 4.78 is 43.7. The van der Waals surface area contributed by atoms with Crippen molar-refractivity contribution in [3.63, 3.8) is 0 Å². The van der Waals surface area contributed by atoms with Gasteiger partial charge in [0.25, 0.3) is 15.9 Å². The van der Waals surface area contributed by atoms with Crippen LogP contribution in [0.1, 0.15) is 15.9 Å². The predicted octanol–water partition coefficient (Wildman–Crippen LogP) is 3.61. The molecule has 0 aliphatic carbocycles. The number of amides is 1. The molecule has 0 fully saturated rings. The molecular formula is C24H24N2O7S. The molecule has 0 aromatic heterocycles. The SMILES string of the molecule is COc1ccccc1NC(=O)COC(=O)c1ccc(OC)c(S(=O)(=O)Nc2ccc(C)cc2)c1. The molecule has 0 aliphatic heterocycles. The van der Waals surface area contributed by atoms with Gasteiger partial charge in [-0.25, -0.2) is 13.2 Å². The lowest BCUT2D eigenvalue weighted by Crippen LogP contribution is -2.21. The van der Waals surface area contributed by atoms with E-state index in [0.717, 1.165) is 11.6 Å². The van der Waals surface area contributed by atoms with Gasteiger partial charge in [0.05, 0.1) is 25.5 Å². The summed E-state index contributed by atoms with van der Waals surface area (Å²) in [7, 11) is -1.29. The van der Waals surface area contributed by atoms with Crippen LogP contribution in [0.5, 0.6) is 11.5 Å². The molecule has 1 amide bonds. The number of ether oxygens (including phenoxy) is 3. The summed E-state index contributed by atoms with van der Waals surface area (Å²) in [5.74, 6) is -0.955. The number of aryl methyl sites for hydroxylation is 1. The maximum atomic E-state index is 13.0. The van der Waals surface area contributed by atoms with Crippen molar-refractivity contribution in [1.82, 2.24) is 0 Å². The number of carbonyl (C=O) groups excluding carboxylic acids is 2. The zero-order valence-electron chi connectivity index (χ0n) is 18.8. The van der Waals surface area contributed by atoms with E-state index in [1.165, 1.54) is 26.4 Å². The van der Waals surface area contributed by atoms with Crippen LogP contribution in [0.3, 0.4) is 0 Å². The fourth-order valence-electron chi connectivity index (χ4n) is 2.99. The van der Waals surface area contributed by atoms with E-state index < -0.39 is 28.5 Å². The lowest BCUT2D eigenvalue weighted by Gasteiger charge is -2.13. The molecule has 0 saturated heterocycles. The van der Waals surface area contributed by atoms with E-state index in [9.17, 15) is 18.0 Å². The molecule has 0 spiro atoms. The Labute approximate surface area is 197 Å². The second-order valence-corrected chi connectivity index (χ2v) is 8.81. The summed E-state index contributed by atoms with van der Waals surface area (Å²) in [4.78, 5) is 24.5. The maximum Gasteiger partial charge on any atom is 0.338 e. The van der Waals surface area contributed by atoms with Crippen molar-refractivity contribution < 1.29 is 32.2 Å². The number of benzene rings is 3. The van der Waals surface area contributed by atoms with Crippen LogP contribution in [-0.4, -0.2) is 41.1 Å². The summed E-state index contributed by atoms with van der Waals surface area (Å²) in [6.07, 6.45) is 0. The average Bonchev–Trinajstić information content (AvgIpc) is 2.83. The molecule has 0 atom stereocenters. The minimum absolute atomic E-state index is 0.0464. The van der Waals surface area contributed by atoms with Crippen molar-refractivity contribution in [2.24, 2.45) is 0 Å². The van der Waals surface area contributed by atoms with E-state index in [1.807, 2.05) is 6.92 Å². The van der Waals surface area contributed by atoms with Crippen LogP contribution in [0.25, 0.3) is 0 Å². The molecule has 2 N–H and O–H groups in total. The van der Waals surface area contributed by atoms with E-state index in [-0.39, 0.29) is 16.2 Å². The lowest BCUT2D eigenvalue weighted by molar-refractivity contribution is -0.119. The minimum atomic E-state index is -4.08. The monoisotopic (exact) mass is 484 g/mol. The highest BCUT2D eigenvalue weighted by atomic mass is 32.2. The van der Waals surface area contributed by atoms with E-state index in [2.05, 4.69) is 10.0 Å². The fraction of sp³-hybridized carbons (Fsp3) is 0.167. The smallest absolute Gasteiger partial charge is 0.338 e.